The summed E-state index contributed by atoms with van der Waals surface area (Å²) in [5, 5.41) is 0.426. The molecule has 0 amide bonds. The zero-order chi connectivity index (χ0) is 56.4. The largest absolute Gasteiger partial charge is 0.490 e. The molecular weight excluding hydrogens is 1020 g/mol. The van der Waals surface area contributed by atoms with Crippen molar-refractivity contribution in [2.45, 2.75) is 108 Å². The lowest BCUT2D eigenvalue weighted by molar-refractivity contribution is 0.297. The highest BCUT2D eigenvalue weighted by Crippen LogP contribution is 2.53. The molecule has 14 rings (SSSR count). The van der Waals surface area contributed by atoms with E-state index in [-0.39, 0.29) is 23.0 Å². The Balaban J connectivity index is 1.05. The van der Waals surface area contributed by atoms with Gasteiger partial charge in [0.15, 0.2) is 11.5 Å². The second-order valence-electron chi connectivity index (χ2n) is 26.4. The van der Waals surface area contributed by atoms with Gasteiger partial charge in [0, 0.05) is 62.6 Å². The number of anilines is 6. The molecule has 9 aromatic carbocycles. The van der Waals surface area contributed by atoms with Crippen molar-refractivity contribution in [1.29, 1.82) is 0 Å². The van der Waals surface area contributed by atoms with E-state index in [9.17, 15) is 0 Å². The number of nitrogens with zero attached hydrogens (tertiary/aromatic N) is 2. The molecule has 4 heterocycles. The Kier molecular flexibility index (Phi) is 12.5. The molecule has 2 atom stereocenters. The lowest BCUT2D eigenvalue weighted by atomic mass is 9.33. The van der Waals surface area contributed by atoms with E-state index in [4.69, 9.17) is 9.47 Å². The maximum Gasteiger partial charge on any atom is 0.252 e. The quantitative estimate of drug-likeness (QED) is 0.155. The summed E-state index contributed by atoms with van der Waals surface area (Å²) in [5.41, 5.74) is 26.6. The average Bonchev–Trinajstić information content (AvgIpc) is 1.36. The maximum atomic E-state index is 6.67. The molecule has 2 unspecified atom stereocenters. The molecule has 82 heavy (non-hydrogen) atoms. The Labute approximate surface area is 490 Å². The molecule has 6 heteroatoms. The first-order chi connectivity index (χ1) is 39.4. The second kappa shape index (κ2) is 19.6. The van der Waals surface area contributed by atoms with Crippen LogP contribution in [-0.2, 0) is 16.2 Å². The zero-order valence-electron chi connectivity index (χ0n) is 49.0. The van der Waals surface area contributed by atoms with Gasteiger partial charge in [-0.3, -0.25) is 0 Å². The summed E-state index contributed by atoms with van der Waals surface area (Å²) in [6.07, 6.45) is 9.97. The molecule has 5 aliphatic rings. The molecule has 406 valence electrons. The minimum atomic E-state index is -0.141. The molecule has 0 bridgehead atoms. The van der Waals surface area contributed by atoms with Crippen LogP contribution in [0, 0.1) is 6.92 Å². The number of rotatable bonds is 6. The first-order valence-corrected chi connectivity index (χ1v) is 30.4. The van der Waals surface area contributed by atoms with Gasteiger partial charge in [-0.25, -0.2) is 0 Å². The third-order valence-corrected chi connectivity index (χ3v) is 19.0. The van der Waals surface area contributed by atoms with Gasteiger partial charge in [0.1, 0.15) is 0 Å². The summed E-state index contributed by atoms with van der Waals surface area (Å²) in [6, 6.07) is 67.9. The number of thioether (sulfide) groups is 1. The summed E-state index contributed by atoms with van der Waals surface area (Å²) >= 11 is 1.99. The van der Waals surface area contributed by atoms with E-state index in [1.807, 2.05) is 11.8 Å². The Morgan fingerprint density at radius 3 is 1.68 bits per heavy atom. The fourth-order valence-electron chi connectivity index (χ4n) is 13.2. The van der Waals surface area contributed by atoms with Crippen molar-refractivity contribution in [3.8, 4) is 56.0 Å². The van der Waals surface area contributed by atoms with Gasteiger partial charge in [0.2, 0.25) is 0 Å². The molecule has 0 spiro atoms. The highest BCUT2D eigenvalue weighted by Gasteiger charge is 2.45. The standard InChI is InChI=1S/C76H71BN2O2S/c1-47-37-67-73-68(38-47)79(64-34-31-57(76(8,9)10)44-61(64)50-17-12-11-13-18-50)66-46-70-69(80-35-16-36-81-70)45-63(66)77(73)62-33-26-51(52-25-32-60-59-19-14-15-20-71(59)82-72(60)43-52)42-65(62)78(67)58-40-53(48-21-27-55(28-22-48)74(2,3)4)39-54(41-58)49-23-29-56(30-24-49)75(5,6)7/h11-15,17-34,37-46,59,71H,16,35-36H2,1-10H3. The van der Waals surface area contributed by atoms with Crippen molar-refractivity contribution in [1.82, 2.24) is 0 Å². The van der Waals surface area contributed by atoms with Gasteiger partial charge in [-0.1, -0.05) is 196 Å². The highest BCUT2D eigenvalue weighted by atomic mass is 32.2. The third kappa shape index (κ3) is 9.10. The van der Waals surface area contributed by atoms with Crippen molar-refractivity contribution in [3.63, 3.8) is 0 Å². The van der Waals surface area contributed by atoms with Crippen molar-refractivity contribution >= 4 is 69.0 Å². The summed E-state index contributed by atoms with van der Waals surface area (Å²) in [4.78, 5) is 6.53. The van der Waals surface area contributed by atoms with Crippen molar-refractivity contribution in [2.24, 2.45) is 0 Å². The summed E-state index contributed by atoms with van der Waals surface area (Å²) in [5.74, 6) is 1.99. The van der Waals surface area contributed by atoms with Crippen LogP contribution in [0.1, 0.15) is 102 Å². The Hall–Kier alpha value is -7.93. The third-order valence-electron chi connectivity index (χ3n) is 17.7. The van der Waals surface area contributed by atoms with Crippen LogP contribution in [0.15, 0.2) is 205 Å². The van der Waals surface area contributed by atoms with E-state index >= 15 is 0 Å². The highest BCUT2D eigenvalue weighted by molar-refractivity contribution is 8.00. The van der Waals surface area contributed by atoms with Gasteiger partial charge in [-0.2, -0.15) is 0 Å². The fraction of sp³-hybridized carbons (Fsp3) is 0.237. The number of hydrogen-bond acceptors (Lipinski definition) is 5. The maximum absolute atomic E-state index is 6.67. The van der Waals surface area contributed by atoms with E-state index in [0.29, 0.717) is 24.4 Å². The van der Waals surface area contributed by atoms with Crippen LogP contribution in [0.2, 0.25) is 0 Å². The van der Waals surface area contributed by atoms with Crippen molar-refractivity contribution in [3.05, 3.63) is 228 Å². The molecule has 9 aromatic rings. The lowest BCUT2D eigenvalue weighted by Gasteiger charge is -2.45. The lowest BCUT2D eigenvalue weighted by Crippen LogP contribution is -2.61. The van der Waals surface area contributed by atoms with E-state index in [1.54, 1.807) is 0 Å². The van der Waals surface area contributed by atoms with E-state index in [2.05, 4.69) is 279 Å². The Morgan fingerprint density at radius 2 is 1.02 bits per heavy atom. The van der Waals surface area contributed by atoms with Gasteiger partial charge in [-0.05, 0) is 167 Å². The number of benzene rings is 9. The van der Waals surface area contributed by atoms with Gasteiger partial charge >= 0.3 is 0 Å². The monoisotopic (exact) mass is 1090 g/mol. The molecule has 4 nitrogen and oxygen atoms in total. The Bertz CT molecular complexity index is 4000. The molecule has 1 aliphatic carbocycles. The number of aryl methyl sites for hydroxylation is 1. The van der Waals surface area contributed by atoms with Crippen LogP contribution in [0.3, 0.4) is 0 Å². The van der Waals surface area contributed by atoms with Gasteiger partial charge in [0.25, 0.3) is 6.71 Å². The SMILES string of the molecule is Cc1cc2c3c(c1)N(c1ccc(C(C)(C)C)cc1-c1ccccc1)c1cc4c(cc1B3c1ccc(-c3ccc5c(c3)SC3C=CC=CC53)cc1N2c1cc(-c2ccc(C(C)(C)C)cc2)cc(-c2ccc(C(C)(C)C)cc2)c1)OCCCO4. The minimum absolute atomic E-state index is 0.0286. The predicted octanol–water partition coefficient (Wildman–Crippen LogP) is 18.5. The second-order valence-corrected chi connectivity index (χ2v) is 27.6. The van der Waals surface area contributed by atoms with Gasteiger partial charge in [0.05, 0.1) is 18.9 Å². The topological polar surface area (TPSA) is 24.9 Å². The van der Waals surface area contributed by atoms with Gasteiger partial charge < -0.3 is 19.3 Å². The van der Waals surface area contributed by atoms with Crippen LogP contribution in [-0.4, -0.2) is 25.2 Å². The summed E-state index contributed by atoms with van der Waals surface area (Å²) < 4.78 is 13.3. The van der Waals surface area contributed by atoms with E-state index in [1.165, 1.54) is 105 Å². The van der Waals surface area contributed by atoms with Crippen molar-refractivity contribution in [2.75, 3.05) is 23.0 Å². The number of allylic oxidation sites excluding steroid dienone is 3. The molecule has 0 aromatic heterocycles. The molecule has 0 N–H and O–H groups in total. The number of ether oxygens (including phenoxy) is 2. The molecule has 0 radical (unpaired) electrons. The molecule has 0 fully saturated rings. The molecular formula is C76H71BN2O2S. The fourth-order valence-corrected chi connectivity index (χ4v) is 14.5. The van der Waals surface area contributed by atoms with Crippen molar-refractivity contribution < 1.29 is 9.47 Å². The summed E-state index contributed by atoms with van der Waals surface area (Å²) in [6.45, 7) is 24.0. The molecule has 0 saturated heterocycles. The van der Waals surface area contributed by atoms with Gasteiger partial charge in [-0.15, -0.1) is 11.8 Å². The Morgan fingerprint density at radius 1 is 0.451 bits per heavy atom. The van der Waals surface area contributed by atoms with E-state index < -0.39 is 0 Å². The minimum Gasteiger partial charge on any atom is -0.490 e. The number of hydrogen-bond donors (Lipinski definition) is 0. The zero-order valence-corrected chi connectivity index (χ0v) is 49.8. The van der Waals surface area contributed by atoms with Crippen LogP contribution in [0.5, 0.6) is 11.5 Å². The normalized spacial score (nSPS) is 16.7. The van der Waals surface area contributed by atoms with Crippen LogP contribution >= 0.6 is 11.8 Å². The first-order valence-electron chi connectivity index (χ1n) is 29.5. The predicted molar refractivity (Wildman–Crippen MR) is 349 cm³/mol. The van der Waals surface area contributed by atoms with Crippen LogP contribution in [0.25, 0.3) is 44.5 Å². The van der Waals surface area contributed by atoms with E-state index in [0.717, 1.165) is 40.7 Å². The smallest absolute Gasteiger partial charge is 0.252 e. The average molecular weight is 1090 g/mol. The van der Waals surface area contributed by atoms with Crippen LogP contribution in [0.4, 0.5) is 34.1 Å². The number of fused-ring (bicyclic) bond motifs is 8. The van der Waals surface area contributed by atoms with Crippen LogP contribution < -0.4 is 35.7 Å². The molecule has 0 saturated carbocycles. The molecule has 4 aliphatic heterocycles. The summed E-state index contributed by atoms with van der Waals surface area (Å²) in [7, 11) is 0. The first kappa shape index (κ1) is 52.2.